The molecule has 0 bridgehead atoms. The van der Waals surface area contributed by atoms with E-state index in [1.807, 2.05) is 0 Å². The van der Waals surface area contributed by atoms with E-state index in [0.29, 0.717) is 0 Å². The van der Waals surface area contributed by atoms with Crippen molar-refractivity contribution in [3.05, 3.63) is 0 Å². The van der Waals surface area contributed by atoms with Gasteiger partial charge in [0.15, 0.2) is 4.83 Å². The SMILES string of the molecule is N.O.O=[C](O)[Al]. The number of rotatable bonds is 0. The van der Waals surface area contributed by atoms with Crippen LogP contribution in [0.15, 0.2) is 0 Å². The Kier molecular flexibility index (Phi) is 24.8. The van der Waals surface area contributed by atoms with Gasteiger partial charge in [-0.05, 0) is 0 Å². The molecule has 0 unspecified atom stereocenters. The van der Waals surface area contributed by atoms with Gasteiger partial charge in [0.25, 0.3) is 0 Å². The molecule has 0 aliphatic rings. The van der Waals surface area contributed by atoms with Crippen LogP contribution in [0, 0.1) is 0 Å². The second-order valence-electron chi connectivity index (χ2n) is 0.338. The summed E-state index contributed by atoms with van der Waals surface area (Å²) < 4.78 is 0. The molecule has 0 saturated carbocycles. The molecular weight excluding hydrogens is 101 g/mol. The molecule has 0 rings (SSSR count). The maximum atomic E-state index is 8.96. The van der Waals surface area contributed by atoms with E-state index in [4.69, 9.17) is 9.90 Å². The van der Waals surface area contributed by atoms with E-state index < -0.39 is 4.83 Å². The molecule has 6 N–H and O–H groups in total. The highest BCUT2D eigenvalue weighted by Gasteiger charge is 1.65. The number of carboxylic acid groups (broad SMARTS) is 1. The van der Waals surface area contributed by atoms with Crippen LogP contribution in [0.25, 0.3) is 0 Å². The summed E-state index contributed by atoms with van der Waals surface area (Å²) in [5.74, 6) is 0. The third-order valence-electron chi connectivity index (χ3n) is 0. The van der Waals surface area contributed by atoms with Gasteiger partial charge >= 0.3 is 16.3 Å². The van der Waals surface area contributed by atoms with Gasteiger partial charge in [-0.15, -0.1) is 0 Å². The standard InChI is InChI=1S/CHO2.Al.H3N.H2O/c2-1-3;;;/h(H,2,3);;1H3;1H2. The Labute approximate surface area is 43.5 Å². The highest BCUT2D eigenvalue weighted by molar-refractivity contribution is 6.54. The summed E-state index contributed by atoms with van der Waals surface area (Å²) in [6.07, 6.45) is 0. The van der Waals surface area contributed by atoms with E-state index in [1.165, 1.54) is 0 Å². The molecule has 0 saturated heterocycles. The van der Waals surface area contributed by atoms with E-state index in [1.54, 1.807) is 16.3 Å². The lowest BCUT2D eigenvalue weighted by molar-refractivity contribution is 0.220. The van der Waals surface area contributed by atoms with Gasteiger partial charge in [0, 0.05) is 0 Å². The summed E-state index contributed by atoms with van der Waals surface area (Å²) in [6.45, 7) is 0. The van der Waals surface area contributed by atoms with Crippen LogP contribution in [-0.4, -0.2) is 31.7 Å². The van der Waals surface area contributed by atoms with Crippen molar-refractivity contribution in [1.29, 1.82) is 0 Å². The maximum absolute atomic E-state index is 8.96. The lowest BCUT2D eigenvalue weighted by Gasteiger charge is -1.62. The molecule has 0 aliphatic carbocycles. The second kappa shape index (κ2) is 8.87. The summed E-state index contributed by atoms with van der Waals surface area (Å²) in [6, 6.07) is 0. The zero-order valence-corrected chi connectivity index (χ0v) is 4.29. The van der Waals surface area contributed by atoms with E-state index in [-0.39, 0.29) is 11.6 Å². The van der Waals surface area contributed by atoms with Crippen LogP contribution in [0.4, 0.5) is 4.79 Å². The lowest BCUT2D eigenvalue weighted by atomic mass is 11.6. The minimum atomic E-state index is -0.917. The normalized spacial score (nSPS) is 4.00. The van der Waals surface area contributed by atoms with Gasteiger partial charge in [0.2, 0.25) is 0 Å². The van der Waals surface area contributed by atoms with Crippen LogP contribution in [0.5, 0.6) is 0 Å². The summed E-state index contributed by atoms with van der Waals surface area (Å²) in [7, 11) is 0. The first-order valence-electron chi connectivity index (χ1n) is 0.716. The molecule has 0 heterocycles. The van der Waals surface area contributed by atoms with Crippen molar-refractivity contribution >= 4 is 21.1 Å². The minimum Gasteiger partial charge on any atom is -0.498 e. The molecule has 5 heteroatoms. The molecule has 2 radical (unpaired) electrons. The monoisotopic (exact) mass is 107 g/mol. The summed E-state index contributed by atoms with van der Waals surface area (Å²) in [5, 5.41) is 7.38. The number of hydrogen-bond acceptors (Lipinski definition) is 2. The van der Waals surface area contributed by atoms with E-state index in [9.17, 15) is 0 Å². The first-order chi connectivity index (χ1) is 1.73. The molecule has 6 heavy (non-hydrogen) atoms. The molecule has 0 aliphatic heterocycles. The van der Waals surface area contributed by atoms with E-state index in [2.05, 4.69) is 0 Å². The summed E-state index contributed by atoms with van der Waals surface area (Å²) in [5.41, 5.74) is 0. The smallest absolute Gasteiger partial charge is 0.317 e. The Morgan fingerprint density at radius 3 is 1.67 bits per heavy atom. The van der Waals surface area contributed by atoms with Gasteiger partial charge in [0.1, 0.15) is 0 Å². The predicted octanol–water partition coefficient (Wildman–Crippen LogP) is -0.830. The fourth-order valence-corrected chi connectivity index (χ4v) is 0. The van der Waals surface area contributed by atoms with Gasteiger partial charge in [-0.2, -0.15) is 0 Å². The molecule has 0 aromatic heterocycles. The third-order valence-corrected chi connectivity index (χ3v) is 0. The van der Waals surface area contributed by atoms with Crippen molar-refractivity contribution in [2.24, 2.45) is 0 Å². The third kappa shape index (κ3) is 5570. The van der Waals surface area contributed by atoms with E-state index >= 15 is 0 Å². The lowest BCUT2D eigenvalue weighted by Crippen LogP contribution is -1.83. The molecule has 0 fully saturated rings. The Balaban J connectivity index is -0.0000000450. The maximum Gasteiger partial charge on any atom is 0.317 e. The van der Waals surface area contributed by atoms with Crippen LogP contribution in [0.3, 0.4) is 0 Å². The Hall–Kier alpha value is -0.0775. The van der Waals surface area contributed by atoms with Gasteiger partial charge in [-0.25, -0.2) is 0 Å². The highest BCUT2D eigenvalue weighted by Crippen LogP contribution is 1.41. The van der Waals surface area contributed by atoms with Crippen LogP contribution in [0.2, 0.25) is 0 Å². The minimum absolute atomic E-state index is 0. The second-order valence-corrected chi connectivity index (χ2v) is 0.832. The van der Waals surface area contributed by atoms with Crippen LogP contribution >= 0.6 is 0 Å². The molecule has 0 amide bonds. The van der Waals surface area contributed by atoms with Gasteiger partial charge in [0.05, 0.1) is 0 Å². The number of carbonyl (C=O) groups is 1. The highest BCUT2D eigenvalue weighted by atomic mass is 27.0. The van der Waals surface area contributed by atoms with Gasteiger partial charge in [-0.1, -0.05) is 0 Å². The number of hydrogen-bond donors (Lipinski definition) is 2. The summed E-state index contributed by atoms with van der Waals surface area (Å²) in [4.78, 5) is 8.05. The van der Waals surface area contributed by atoms with Crippen LogP contribution < -0.4 is 6.15 Å². The van der Waals surface area contributed by atoms with Crippen molar-refractivity contribution < 1.29 is 15.4 Å². The molecule has 4 nitrogen and oxygen atoms in total. The van der Waals surface area contributed by atoms with Crippen molar-refractivity contribution in [2.45, 2.75) is 0 Å². The Morgan fingerprint density at radius 1 is 1.67 bits per heavy atom. The Morgan fingerprint density at radius 2 is 1.67 bits per heavy atom. The molecule has 0 atom stereocenters. The van der Waals surface area contributed by atoms with Gasteiger partial charge < -0.3 is 16.7 Å². The largest absolute Gasteiger partial charge is 0.498 e. The Bertz CT molecular complexity index is 33.8. The molecule has 0 aromatic rings. The summed E-state index contributed by atoms with van der Waals surface area (Å²) >= 11 is 1.57. The topological polar surface area (TPSA) is 104 Å². The van der Waals surface area contributed by atoms with Crippen molar-refractivity contribution in [1.82, 2.24) is 6.15 Å². The van der Waals surface area contributed by atoms with Crippen LogP contribution in [0.1, 0.15) is 0 Å². The molecule has 0 spiro atoms. The average Bonchev–Trinajstić information content (AvgIpc) is 0.811. The predicted molar refractivity (Wildman–Crippen MR) is 22.4 cm³/mol. The zero-order chi connectivity index (χ0) is 3.58. The quantitative estimate of drug-likeness (QED) is 0.394. The van der Waals surface area contributed by atoms with Crippen molar-refractivity contribution in [3.8, 4) is 0 Å². The fourth-order valence-electron chi connectivity index (χ4n) is 0. The first-order valence-corrected chi connectivity index (χ1v) is 1.29. The van der Waals surface area contributed by atoms with Crippen LogP contribution in [-0.2, 0) is 0 Å². The van der Waals surface area contributed by atoms with Gasteiger partial charge in [-0.3, -0.25) is 4.79 Å². The average molecular weight is 107 g/mol. The van der Waals surface area contributed by atoms with Crippen molar-refractivity contribution in [2.75, 3.05) is 0 Å². The van der Waals surface area contributed by atoms with Crippen molar-refractivity contribution in [3.63, 3.8) is 0 Å². The molecular formula is CH6AlNO3. The first kappa shape index (κ1) is 16.8. The molecule has 0 aromatic carbocycles. The zero-order valence-electron chi connectivity index (χ0n) is 3.14. The fraction of sp³-hybridized carbons (Fsp3) is 0. The molecule has 36 valence electrons. The van der Waals surface area contributed by atoms with E-state index in [0.717, 1.165) is 0 Å².